The monoisotopic (exact) mass is 274 g/mol. The second kappa shape index (κ2) is 5.44. The number of hydrogen-bond acceptors (Lipinski definition) is 3. The van der Waals surface area contributed by atoms with E-state index in [4.69, 9.17) is 10.5 Å². The number of ether oxygens (including phenoxy) is 1. The van der Waals surface area contributed by atoms with E-state index in [1.54, 1.807) is 7.11 Å². The van der Waals surface area contributed by atoms with Crippen LogP contribution in [0.3, 0.4) is 0 Å². The Morgan fingerprint density at radius 2 is 2.35 bits per heavy atom. The third-order valence-corrected chi connectivity index (χ3v) is 4.56. The number of hydrogen-bond donors (Lipinski definition) is 1. The molecule has 1 amide bonds. The Hall–Kier alpha value is -1.55. The summed E-state index contributed by atoms with van der Waals surface area (Å²) in [6, 6.07) is 8.07. The van der Waals surface area contributed by atoms with E-state index in [9.17, 15) is 4.79 Å². The van der Waals surface area contributed by atoms with E-state index in [0.717, 1.165) is 31.7 Å². The molecule has 1 aromatic rings. The molecule has 0 spiro atoms. The van der Waals surface area contributed by atoms with Gasteiger partial charge in [-0.05, 0) is 48.9 Å². The molecular weight excluding hydrogens is 252 g/mol. The SMILES string of the molecule is COc1cccc([C@@H]2C[C@@H]2C(=O)N2CC[C@H](CN)C2)c1. The van der Waals surface area contributed by atoms with Crippen LogP contribution in [0, 0.1) is 11.8 Å². The standard InChI is InChI=1S/C16H22N2O2/c1-20-13-4-2-3-12(7-13)14-8-15(14)16(19)18-6-5-11(9-17)10-18/h2-4,7,11,14-15H,5-6,8-10,17H2,1H3/t11-,14+,15+/m1/s1. The highest BCUT2D eigenvalue weighted by molar-refractivity contribution is 5.83. The molecule has 108 valence electrons. The molecule has 0 aromatic heterocycles. The van der Waals surface area contributed by atoms with E-state index in [2.05, 4.69) is 6.07 Å². The van der Waals surface area contributed by atoms with Gasteiger partial charge in [0.05, 0.1) is 7.11 Å². The summed E-state index contributed by atoms with van der Waals surface area (Å²) in [6.07, 6.45) is 2.02. The van der Waals surface area contributed by atoms with Gasteiger partial charge < -0.3 is 15.4 Å². The van der Waals surface area contributed by atoms with Crippen LogP contribution in [0.4, 0.5) is 0 Å². The van der Waals surface area contributed by atoms with Gasteiger partial charge in [0.1, 0.15) is 5.75 Å². The van der Waals surface area contributed by atoms with Gasteiger partial charge in [-0.2, -0.15) is 0 Å². The Morgan fingerprint density at radius 1 is 1.50 bits per heavy atom. The Labute approximate surface area is 119 Å². The third kappa shape index (κ3) is 2.52. The second-order valence-electron chi connectivity index (χ2n) is 5.90. The summed E-state index contributed by atoms with van der Waals surface area (Å²) in [7, 11) is 1.67. The largest absolute Gasteiger partial charge is 0.497 e. The molecule has 1 saturated heterocycles. The fraction of sp³-hybridized carbons (Fsp3) is 0.562. The van der Waals surface area contributed by atoms with E-state index >= 15 is 0 Å². The van der Waals surface area contributed by atoms with Crippen LogP contribution in [-0.2, 0) is 4.79 Å². The number of rotatable bonds is 4. The normalized spacial score (nSPS) is 28.5. The first-order chi connectivity index (χ1) is 9.72. The second-order valence-corrected chi connectivity index (χ2v) is 5.90. The van der Waals surface area contributed by atoms with Gasteiger partial charge in [0.25, 0.3) is 0 Å². The van der Waals surface area contributed by atoms with Crippen molar-refractivity contribution in [3.8, 4) is 5.75 Å². The minimum absolute atomic E-state index is 0.165. The van der Waals surface area contributed by atoms with Crippen molar-refractivity contribution in [3.63, 3.8) is 0 Å². The molecule has 0 unspecified atom stereocenters. The van der Waals surface area contributed by atoms with Crippen molar-refractivity contribution in [3.05, 3.63) is 29.8 Å². The lowest BCUT2D eigenvalue weighted by atomic mass is 10.1. The summed E-state index contributed by atoms with van der Waals surface area (Å²) >= 11 is 0. The highest BCUT2D eigenvalue weighted by Gasteiger charge is 2.46. The maximum absolute atomic E-state index is 12.5. The number of methoxy groups -OCH3 is 1. The summed E-state index contributed by atoms with van der Waals surface area (Å²) in [5.41, 5.74) is 6.91. The average molecular weight is 274 g/mol. The molecule has 2 aliphatic rings. The highest BCUT2D eigenvalue weighted by Crippen LogP contribution is 2.49. The lowest BCUT2D eigenvalue weighted by Gasteiger charge is -2.16. The van der Waals surface area contributed by atoms with Gasteiger partial charge >= 0.3 is 0 Å². The molecule has 1 aromatic carbocycles. The number of benzene rings is 1. The zero-order valence-electron chi connectivity index (χ0n) is 11.9. The minimum atomic E-state index is 0.165. The number of nitrogens with zero attached hydrogens (tertiary/aromatic N) is 1. The molecule has 2 N–H and O–H groups in total. The van der Waals surface area contributed by atoms with Crippen LogP contribution < -0.4 is 10.5 Å². The van der Waals surface area contributed by atoms with E-state index in [1.165, 1.54) is 5.56 Å². The Morgan fingerprint density at radius 3 is 3.05 bits per heavy atom. The predicted molar refractivity (Wildman–Crippen MR) is 77.6 cm³/mol. The van der Waals surface area contributed by atoms with Gasteiger partial charge in [-0.25, -0.2) is 0 Å². The molecular formula is C16H22N2O2. The smallest absolute Gasteiger partial charge is 0.226 e. The molecule has 3 rings (SSSR count). The molecule has 2 fully saturated rings. The van der Waals surface area contributed by atoms with Crippen LogP contribution in [0.2, 0.25) is 0 Å². The van der Waals surface area contributed by atoms with E-state index in [1.807, 2.05) is 23.1 Å². The summed E-state index contributed by atoms with van der Waals surface area (Å²) < 4.78 is 5.25. The van der Waals surface area contributed by atoms with Crippen molar-refractivity contribution in [2.45, 2.75) is 18.8 Å². The van der Waals surface area contributed by atoms with Crippen molar-refractivity contribution in [1.29, 1.82) is 0 Å². The molecule has 4 nitrogen and oxygen atoms in total. The molecule has 1 heterocycles. The maximum Gasteiger partial charge on any atom is 0.226 e. The van der Waals surface area contributed by atoms with E-state index in [0.29, 0.717) is 24.3 Å². The van der Waals surface area contributed by atoms with Crippen LogP contribution in [0.1, 0.15) is 24.3 Å². The average Bonchev–Trinajstić information content (AvgIpc) is 3.15. The predicted octanol–water partition coefficient (Wildman–Crippen LogP) is 1.61. The minimum Gasteiger partial charge on any atom is -0.497 e. The van der Waals surface area contributed by atoms with Crippen LogP contribution >= 0.6 is 0 Å². The van der Waals surface area contributed by atoms with Crippen molar-refractivity contribution >= 4 is 5.91 Å². The Bertz CT molecular complexity index is 503. The molecule has 1 aliphatic heterocycles. The van der Waals surface area contributed by atoms with Gasteiger partial charge in [-0.1, -0.05) is 12.1 Å². The fourth-order valence-electron chi connectivity index (χ4n) is 3.17. The molecule has 0 radical (unpaired) electrons. The third-order valence-electron chi connectivity index (χ3n) is 4.56. The zero-order chi connectivity index (χ0) is 14.1. The van der Waals surface area contributed by atoms with Crippen LogP contribution in [0.5, 0.6) is 5.75 Å². The Balaban J connectivity index is 1.62. The van der Waals surface area contributed by atoms with Gasteiger partial charge in [0.15, 0.2) is 0 Å². The maximum atomic E-state index is 12.5. The first kappa shape index (κ1) is 13.4. The topological polar surface area (TPSA) is 55.6 Å². The van der Waals surface area contributed by atoms with Crippen LogP contribution in [-0.4, -0.2) is 37.6 Å². The molecule has 1 aliphatic carbocycles. The van der Waals surface area contributed by atoms with Gasteiger partial charge in [-0.3, -0.25) is 4.79 Å². The lowest BCUT2D eigenvalue weighted by molar-refractivity contribution is -0.131. The highest BCUT2D eigenvalue weighted by atomic mass is 16.5. The molecule has 20 heavy (non-hydrogen) atoms. The van der Waals surface area contributed by atoms with Gasteiger partial charge in [-0.15, -0.1) is 0 Å². The molecule has 0 bridgehead atoms. The summed E-state index contributed by atoms with van der Waals surface area (Å²) in [4.78, 5) is 14.5. The molecule has 4 heteroatoms. The van der Waals surface area contributed by atoms with Crippen LogP contribution in [0.25, 0.3) is 0 Å². The summed E-state index contributed by atoms with van der Waals surface area (Å²) in [6.45, 7) is 2.41. The first-order valence-corrected chi connectivity index (χ1v) is 7.35. The van der Waals surface area contributed by atoms with Gasteiger partial charge in [0, 0.05) is 19.0 Å². The zero-order valence-corrected chi connectivity index (χ0v) is 11.9. The molecule has 1 saturated carbocycles. The summed E-state index contributed by atoms with van der Waals surface area (Å²) in [5, 5.41) is 0. The van der Waals surface area contributed by atoms with Crippen molar-refractivity contribution in [2.24, 2.45) is 17.6 Å². The number of amides is 1. The Kier molecular flexibility index (Phi) is 3.66. The number of carbonyl (C=O) groups excluding carboxylic acids is 1. The number of likely N-dealkylation sites (tertiary alicyclic amines) is 1. The first-order valence-electron chi connectivity index (χ1n) is 7.35. The summed E-state index contributed by atoms with van der Waals surface area (Å²) in [5.74, 6) is 2.21. The van der Waals surface area contributed by atoms with Crippen molar-refractivity contribution in [2.75, 3.05) is 26.7 Å². The van der Waals surface area contributed by atoms with E-state index < -0.39 is 0 Å². The number of nitrogens with two attached hydrogens (primary N) is 1. The quantitative estimate of drug-likeness (QED) is 0.907. The molecule has 3 atom stereocenters. The van der Waals surface area contributed by atoms with Crippen molar-refractivity contribution in [1.82, 2.24) is 4.90 Å². The van der Waals surface area contributed by atoms with E-state index in [-0.39, 0.29) is 5.92 Å². The van der Waals surface area contributed by atoms with Gasteiger partial charge in [0.2, 0.25) is 5.91 Å². The fourth-order valence-corrected chi connectivity index (χ4v) is 3.17. The number of carbonyl (C=O) groups is 1. The van der Waals surface area contributed by atoms with Crippen LogP contribution in [0.15, 0.2) is 24.3 Å². The van der Waals surface area contributed by atoms with Crippen molar-refractivity contribution < 1.29 is 9.53 Å². The lowest BCUT2D eigenvalue weighted by Crippen LogP contribution is -2.31.